The first-order valence-electron chi connectivity index (χ1n) is 6.65. The first-order valence-corrected chi connectivity index (χ1v) is 8.14. The minimum absolute atomic E-state index is 0.127. The van der Waals surface area contributed by atoms with E-state index in [1.54, 1.807) is 36.5 Å². The Bertz CT molecular complexity index is 697. The second-order valence-corrected chi connectivity index (χ2v) is 6.51. The van der Waals surface area contributed by atoms with E-state index in [4.69, 9.17) is 5.11 Å². The zero-order valence-electron chi connectivity index (χ0n) is 11.8. The van der Waals surface area contributed by atoms with Gasteiger partial charge in [-0.05, 0) is 49.1 Å². The van der Waals surface area contributed by atoms with Crippen molar-refractivity contribution in [3.8, 4) is 0 Å². The molecule has 0 spiro atoms. The van der Waals surface area contributed by atoms with Gasteiger partial charge >= 0.3 is 0 Å². The van der Waals surface area contributed by atoms with E-state index in [2.05, 4.69) is 9.71 Å². The number of sulfonamides is 1. The van der Waals surface area contributed by atoms with Gasteiger partial charge in [-0.25, -0.2) is 8.42 Å². The third kappa shape index (κ3) is 4.27. The minimum Gasteiger partial charge on any atom is -0.396 e. The lowest BCUT2D eigenvalue weighted by Gasteiger charge is -2.09. The zero-order valence-corrected chi connectivity index (χ0v) is 12.6. The van der Waals surface area contributed by atoms with Crippen LogP contribution in [0.15, 0.2) is 47.6 Å². The van der Waals surface area contributed by atoms with Gasteiger partial charge in [0.25, 0.3) is 10.0 Å². The Morgan fingerprint density at radius 1 is 1.19 bits per heavy atom. The van der Waals surface area contributed by atoms with Gasteiger partial charge in [0.2, 0.25) is 0 Å². The van der Waals surface area contributed by atoms with E-state index in [1.165, 1.54) is 6.20 Å². The molecule has 0 radical (unpaired) electrons. The number of aryl methyl sites for hydroxylation is 2. The highest BCUT2D eigenvalue weighted by Crippen LogP contribution is 2.17. The number of hydrogen-bond acceptors (Lipinski definition) is 4. The van der Waals surface area contributed by atoms with Crippen molar-refractivity contribution in [1.29, 1.82) is 0 Å². The number of hydrogen-bond donors (Lipinski definition) is 2. The van der Waals surface area contributed by atoms with E-state index in [0.29, 0.717) is 12.1 Å². The molecule has 0 amide bonds. The predicted molar refractivity (Wildman–Crippen MR) is 81.6 cm³/mol. The Hall–Kier alpha value is -1.92. The molecule has 2 rings (SSSR count). The quantitative estimate of drug-likeness (QED) is 0.856. The van der Waals surface area contributed by atoms with Crippen molar-refractivity contribution < 1.29 is 13.5 Å². The molecule has 0 saturated carbocycles. The largest absolute Gasteiger partial charge is 0.396 e. The second kappa shape index (κ2) is 6.69. The minimum atomic E-state index is -3.61. The Kier molecular flexibility index (Phi) is 4.93. The highest BCUT2D eigenvalue weighted by molar-refractivity contribution is 7.92. The molecule has 0 aliphatic heterocycles. The molecule has 0 bridgehead atoms. The average molecular weight is 306 g/mol. The van der Waals surface area contributed by atoms with Crippen LogP contribution in [0.5, 0.6) is 0 Å². The molecule has 2 aromatic rings. The van der Waals surface area contributed by atoms with Crippen LogP contribution in [0.4, 0.5) is 5.69 Å². The number of aliphatic hydroxyl groups excluding tert-OH is 1. The molecule has 2 N–H and O–H groups in total. The van der Waals surface area contributed by atoms with Crippen molar-refractivity contribution in [2.75, 3.05) is 11.3 Å². The van der Waals surface area contributed by atoms with Crippen LogP contribution in [-0.4, -0.2) is 25.1 Å². The predicted octanol–water partition coefficient (Wildman–Crippen LogP) is 2.12. The molecule has 112 valence electrons. The fraction of sp³-hybridized carbons (Fsp3) is 0.267. The number of aromatic nitrogens is 1. The number of aliphatic hydroxyl groups is 1. The summed E-state index contributed by atoms with van der Waals surface area (Å²) >= 11 is 0. The maximum absolute atomic E-state index is 12.3. The Morgan fingerprint density at radius 2 is 1.90 bits per heavy atom. The maximum atomic E-state index is 12.3. The van der Waals surface area contributed by atoms with E-state index in [0.717, 1.165) is 17.5 Å². The van der Waals surface area contributed by atoms with Crippen molar-refractivity contribution >= 4 is 15.7 Å². The molecule has 0 atom stereocenters. The second-order valence-electron chi connectivity index (χ2n) is 4.83. The molecule has 0 fully saturated rings. The number of pyridine rings is 1. The summed E-state index contributed by atoms with van der Waals surface area (Å²) < 4.78 is 27.0. The zero-order chi connectivity index (χ0) is 15.3. The van der Waals surface area contributed by atoms with Crippen LogP contribution < -0.4 is 4.72 Å². The number of nitrogens with one attached hydrogen (secondary N) is 1. The molecule has 6 heteroatoms. The first-order chi connectivity index (χ1) is 10.0. The summed E-state index contributed by atoms with van der Waals surface area (Å²) in [7, 11) is -3.61. The van der Waals surface area contributed by atoms with Gasteiger partial charge in [-0.1, -0.05) is 12.1 Å². The number of rotatable bonds is 6. The summed E-state index contributed by atoms with van der Waals surface area (Å²) in [6, 6.07) is 8.38. The summed E-state index contributed by atoms with van der Waals surface area (Å²) in [5.41, 5.74) is 2.33. The highest BCUT2D eigenvalue weighted by atomic mass is 32.2. The van der Waals surface area contributed by atoms with E-state index >= 15 is 0 Å². The normalized spacial score (nSPS) is 11.3. The van der Waals surface area contributed by atoms with Gasteiger partial charge in [-0.15, -0.1) is 0 Å². The third-order valence-electron chi connectivity index (χ3n) is 2.98. The van der Waals surface area contributed by atoms with Crippen LogP contribution in [0.1, 0.15) is 17.5 Å². The molecule has 1 heterocycles. The third-order valence-corrected chi connectivity index (χ3v) is 4.38. The lowest BCUT2D eigenvalue weighted by molar-refractivity contribution is 0.288. The highest BCUT2D eigenvalue weighted by Gasteiger charge is 2.14. The van der Waals surface area contributed by atoms with Gasteiger partial charge in [-0.2, -0.15) is 0 Å². The smallest absolute Gasteiger partial charge is 0.261 e. The number of anilines is 1. The lowest BCUT2D eigenvalue weighted by atomic mass is 10.1. The maximum Gasteiger partial charge on any atom is 0.261 e. The Balaban J connectivity index is 2.15. The van der Waals surface area contributed by atoms with Crippen molar-refractivity contribution in [3.05, 3.63) is 53.9 Å². The van der Waals surface area contributed by atoms with Crippen LogP contribution >= 0.6 is 0 Å². The molecule has 0 aliphatic rings. The molecular formula is C15H18N2O3S. The fourth-order valence-electron chi connectivity index (χ4n) is 1.94. The molecule has 0 saturated heterocycles. The molecule has 0 unspecified atom stereocenters. The summed E-state index contributed by atoms with van der Waals surface area (Å²) in [4.78, 5) is 4.16. The average Bonchev–Trinajstić information content (AvgIpc) is 2.45. The van der Waals surface area contributed by atoms with Crippen LogP contribution in [0, 0.1) is 6.92 Å². The standard InChI is InChI=1S/C15H18N2O3S/c1-12-9-14(11-16-10-12)17-21(19,20)15-6-4-13(5-7-15)3-2-8-18/h4-7,9-11,17-18H,2-3,8H2,1H3. The summed E-state index contributed by atoms with van der Waals surface area (Å²) in [6.07, 6.45) is 4.53. The van der Waals surface area contributed by atoms with Crippen molar-refractivity contribution in [3.63, 3.8) is 0 Å². The van der Waals surface area contributed by atoms with Gasteiger partial charge in [0.15, 0.2) is 0 Å². The van der Waals surface area contributed by atoms with Gasteiger partial charge in [0, 0.05) is 12.8 Å². The topological polar surface area (TPSA) is 79.3 Å². The summed E-state index contributed by atoms with van der Waals surface area (Å²) in [5.74, 6) is 0. The SMILES string of the molecule is Cc1cncc(NS(=O)(=O)c2ccc(CCCO)cc2)c1. The van der Waals surface area contributed by atoms with Gasteiger partial charge in [0.1, 0.15) is 0 Å². The Labute approximate surface area is 124 Å². The van der Waals surface area contributed by atoms with Gasteiger partial charge in [-0.3, -0.25) is 9.71 Å². The van der Waals surface area contributed by atoms with Crippen molar-refractivity contribution in [2.45, 2.75) is 24.7 Å². The molecular weight excluding hydrogens is 288 g/mol. The van der Waals surface area contributed by atoms with E-state index < -0.39 is 10.0 Å². The number of benzene rings is 1. The molecule has 1 aromatic heterocycles. The number of nitrogens with zero attached hydrogens (tertiary/aromatic N) is 1. The van der Waals surface area contributed by atoms with Crippen molar-refractivity contribution in [2.24, 2.45) is 0 Å². The monoisotopic (exact) mass is 306 g/mol. The van der Waals surface area contributed by atoms with Gasteiger partial charge in [0.05, 0.1) is 16.8 Å². The molecule has 1 aromatic carbocycles. The molecule has 5 nitrogen and oxygen atoms in total. The first kappa shape index (κ1) is 15.5. The van der Waals surface area contributed by atoms with Crippen molar-refractivity contribution in [1.82, 2.24) is 4.98 Å². The van der Waals surface area contributed by atoms with Crippen LogP contribution in [0.25, 0.3) is 0 Å². The van der Waals surface area contributed by atoms with E-state index in [9.17, 15) is 8.42 Å². The van der Waals surface area contributed by atoms with Crippen LogP contribution in [0.3, 0.4) is 0 Å². The molecule has 0 aliphatic carbocycles. The van der Waals surface area contributed by atoms with Crippen LogP contribution in [0.2, 0.25) is 0 Å². The van der Waals surface area contributed by atoms with E-state index in [-0.39, 0.29) is 11.5 Å². The molecule has 21 heavy (non-hydrogen) atoms. The van der Waals surface area contributed by atoms with Crippen LogP contribution in [-0.2, 0) is 16.4 Å². The van der Waals surface area contributed by atoms with Gasteiger partial charge < -0.3 is 5.11 Å². The summed E-state index contributed by atoms with van der Waals surface area (Å²) in [5, 5.41) is 8.79. The Morgan fingerprint density at radius 3 is 2.52 bits per heavy atom. The van der Waals surface area contributed by atoms with E-state index in [1.807, 2.05) is 6.92 Å². The fourth-order valence-corrected chi connectivity index (χ4v) is 2.98. The lowest BCUT2D eigenvalue weighted by Crippen LogP contribution is -2.13. The summed E-state index contributed by atoms with van der Waals surface area (Å²) in [6.45, 7) is 1.97.